The van der Waals surface area contributed by atoms with E-state index in [0.717, 1.165) is 22.4 Å². The van der Waals surface area contributed by atoms with Crippen LogP contribution in [0, 0.1) is 6.92 Å². The van der Waals surface area contributed by atoms with E-state index in [4.69, 9.17) is 0 Å². The minimum Gasteiger partial charge on any atom is -0.374 e. The molecular formula is C23H24N2O. The smallest absolute Gasteiger partial charge is 0.242 e. The van der Waals surface area contributed by atoms with Crippen LogP contribution in [0.15, 0.2) is 84.9 Å². The third-order valence-electron chi connectivity index (χ3n) is 4.35. The summed E-state index contributed by atoms with van der Waals surface area (Å²) in [6.07, 6.45) is 0. The zero-order valence-corrected chi connectivity index (χ0v) is 15.1. The van der Waals surface area contributed by atoms with Gasteiger partial charge in [-0.05, 0) is 42.7 Å². The molecule has 0 unspecified atom stereocenters. The van der Waals surface area contributed by atoms with Gasteiger partial charge in [0.1, 0.15) is 6.04 Å². The van der Waals surface area contributed by atoms with Crippen molar-refractivity contribution in [3.05, 3.63) is 102 Å². The lowest BCUT2D eigenvalue weighted by molar-refractivity contribution is -0.122. The van der Waals surface area contributed by atoms with Gasteiger partial charge in [-0.25, -0.2) is 0 Å². The highest BCUT2D eigenvalue weighted by Gasteiger charge is 2.20. The van der Waals surface area contributed by atoms with E-state index in [2.05, 4.69) is 10.6 Å². The number of nitrogens with one attached hydrogen (secondary N) is 2. The second-order valence-corrected chi connectivity index (χ2v) is 6.50. The van der Waals surface area contributed by atoms with E-state index < -0.39 is 0 Å². The molecule has 0 saturated carbocycles. The summed E-state index contributed by atoms with van der Waals surface area (Å²) in [6, 6.07) is 27.6. The Morgan fingerprint density at radius 1 is 0.808 bits per heavy atom. The van der Waals surface area contributed by atoms with Gasteiger partial charge in [-0.2, -0.15) is 0 Å². The maximum absolute atomic E-state index is 12.8. The lowest BCUT2D eigenvalue weighted by Gasteiger charge is -2.23. The van der Waals surface area contributed by atoms with Gasteiger partial charge >= 0.3 is 0 Å². The third kappa shape index (κ3) is 4.51. The van der Waals surface area contributed by atoms with Gasteiger partial charge in [0, 0.05) is 5.69 Å². The van der Waals surface area contributed by atoms with E-state index >= 15 is 0 Å². The van der Waals surface area contributed by atoms with Gasteiger partial charge in [-0.15, -0.1) is 0 Å². The highest BCUT2D eigenvalue weighted by Crippen LogP contribution is 2.22. The zero-order chi connectivity index (χ0) is 18.4. The van der Waals surface area contributed by atoms with Crippen LogP contribution >= 0.6 is 0 Å². The predicted molar refractivity (Wildman–Crippen MR) is 107 cm³/mol. The van der Waals surface area contributed by atoms with Crippen molar-refractivity contribution in [3.63, 3.8) is 0 Å². The molecule has 0 aliphatic carbocycles. The number of hydrogen-bond acceptors (Lipinski definition) is 2. The molecule has 0 spiro atoms. The van der Waals surface area contributed by atoms with Crippen LogP contribution in [0.25, 0.3) is 0 Å². The molecule has 0 bridgehead atoms. The minimum absolute atomic E-state index is 0.0378. The van der Waals surface area contributed by atoms with Gasteiger partial charge in [-0.3, -0.25) is 4.79 Å². The fourth-order valence-electron chi connectivity index (χ4n) is 2.97. The Morgan fingerprint density at radius 3 is 1.92 bits per heavy atom. The van der Waals surface area contributed by atoms with E-state index in [1.807, 2.05) is 98.8 Å². The molecule has 2 N–H and O–H groups in total. The summed E-state index contributed by atoms with van der Waals surface area (Å²) in [6.45, 7) is 3.92. The average molecular weight is 344 g/mol. The van der Waals surface area contributed by atoms with Crippen LogP contribution < -0.4 is 10.6 Å². The molecule has 0 aliphatic heterocycles. The number of amides is 1. The lowest BCUT2D eigenvalue weighted by Crippen LogP contribution is -2.40. The summed E-state index contributed by atoms with van der Waals surface area (Å²) in [7, 11) is 0. The second-order valence-electron chi connectivity index (χ2n) is 6.50. The third-order valence-corrected chi connectivity index (χ3v) is 4.35. The standard InChI is InChI=1S/C23H24N2O/c1-17-10-9-15-21(16-17)24-18(2)23(26)25-22(19-11-5-3-6-12-19)20-13-7-4-8-14-20/h3-16,18,22,24H,1-2H3,(H,25,26)/t18-/m0/s1. The molecule has 132 valence electrons. The first-order chi connectivity index (χ1) is 12.6. The number of carbonyl (C=O) groups is 1. The summed E-state index contributed by atoms with van der Waals surface area (Å²) in [5.41, 5.74) is 4.24. The molecule has 3 rings (SSSR count). The monoisotopic (exact) mass is 344 g/mol. The van der Waals surface area contributed by atoms with Crippen molar-refractivity contribution in [1.29, 1.82) is 0 Å². The van der Waals surface area contributed by atoms with Crippen LogP contribution in [0.2, 0.25) is 0 Å². The molecule has 0 aromatic heterocycles. The van der Waals surface area contributed by atoms with Gasteiger partial charge < -0.3 is 10.6 Å². The van der Waals surface area contributed by atoms with Crippen LogP contribution in [-0.4, -0.2) is 11.9 Å². The molecular weight excluding hydrogens is 320 g/mol. The summed E-state index contributed by atoms with van der Waals surface area (Å²) >= 11 is 0. The van der Waals surface area contributed by atoms with E-state index in [0.29, 0.717) is 0 Å². The zero-order valence-electron chi connectivity index (χ0n) is 15.1. The fourth-order valence-corrected chi connectivity index (χ4v) is 2.97. The van der Waals surface area contributed by atoms with Crippen molar-refractivity contribution in [2.24, 2.45) is 0 Å². The highest BCUT2D eigenvalue weighted by atomic mass is 16.2. The van der Waals surface area contributed by atoms with E-state index in [-0.39, 0.29) is 18.0 Å². The van der Waals surface area contributed by atoms with E-state index in [1.54, 1.807) is 0 Å². The minimum atomic E-state index is -0.341. The molecule has 3 nitrogen and oxygen atoms in total. The van der Waals surface area contributed by atoms with Gasteiger partial charge in [0.15, 0.2) is 0 Å². The summed E-state index contributed by atoms with van der Waals surface area (Å²) < 4.78 is 0. The number of aryl methyl sites for hydroxylation is 1. The van der Waals surface area contributed by atoms with Crippen molar-refractivity contribution in [3.8, 4) is 0 Å². The Morgan fingerprint density at radius 2 is 1.38 bits per heavy atom. The van der Waals surface area contributed by atoms with Gasteiger partial charge in [0.2, 0.25) is 5.91 Å². The normalized spacial score (nSPS) is 11.8. The quantitative estimate of drug-likeness (QED) is 0.680. The number of carbonyl (C=O) groups excluding carboxylic acids is 1. The number of benzene rings is 3. The maximum Gasteiger partial charge on any atom is 0.242 e. The van der Waals surface area contributed by atoms with E-state index in [9.17, 15) is 4.79 Å². The molecule has 3 aromatic rings. The Kier molecular flexibility index (Phi) is 5.69. The van der Waals surface area contributed by atoms with Gasteiger partial charge in [-0.1, -0.05) is 72.8 Å². The lowest BCUT2D eigenvalue weighted by atomic mass is 9.98. The average Bonchev–Trinajstić information content (AvgIpc) is 2.67. The molecule has 0 radical (unpaired) electrons. The van der Waals surface area contributed by atoms with Gasteiger partial charge in [0.25, 0.3) is 0 Å². The number of hydrogen-bond donors (Lipinski definition) is 2. The molecule has 1 amide bonds. The predicted octanol–water partition coefficient (Wildman–Crippen LogP) is 4.70. The molecule has 26 heavy (non-hydrogen) atoms. The van der Waals surface area contributed by atoms with Crippen LogP contribution in [0.1, 0.15) is 29.7 Å². The van der Waals surface area contributed by atoms with Crippen LogP contribution in [0.5, 0.6) is 0 Å². The van der Waals surface area contributed by atoms with Crippen molar-refractivity contribution < 1.29 is 4.79 Å². The van der Waals surface area contributed by atoms with Crippen molar-refractivity contribution >= 4 is 11.6 Å². The van der Waals surface area contributed by atoms with Gasteiger partial charge in [0.05, 0.1) is 6.04 Å². The van der Waals surface area contributed by atoms with Crippen LogP contribution in [0.3, 0.4) is 0 Å². The molecule has 3 heteroatoms. The first kappa shape index (κ1) is 17.7. The number of anilines is 1. The molecule has 0 saturated heterocycles. The molecule has 3 aromatic carbocycles. The topological polar surface area (TPSA) is 41.1 Å². The summed E-state index contributed by atoms with van der Waals surface area (Å²) in [4.78, 5) is 12.8. The van der Waals surface area contributed by atoms with Crippen LogP contribution in [0.4, 0.5) is 5.69 Å². The second kappa shape index (κ2) is 8.34. The fraction of sp³-hybridized carbons (Fsp3) is 0.174. The van der Waals surface area contributed by atoms with Crippen molar-refractivity contribution in [1.82, 2.24) is 5.32 Å². The molecule has 0 fully saturated rings. The maximum atomic E-state index is 12.8. The number of rotatable bonds is 6. The molecule has 1 atom stereocenters. The van der Waals surface area contributed by atoms with Crippen molar-refractivity contribution in [2.45, 2.75) is 25.9 Å². The summed E-state index contributed by atoms with van der Waals surface area (Å²) in [5.74, 6) is -0.0378. The Bertz CT molecular complexity index is 807. The Balaban J connectivity index is 1.77. The summed E-state index contributed by atoms with van der Waals surface area (Å²) in [5, 5.41) is 6.46. The first-order valence-electron chi connectivity index (χ1n) is 8.87. The Hall–Kier alpha value is -3.07. The SMILES string of the molecule is Cc1cccc(N[C@@H](C)C(=O)NC(c2ccccc2)c2ccccc2)c1. The first-order valence-corrected chi connectivity index (χ1v) is 8.87. The molecule has 0 aliphatic rings. The Labute approximate surface area is 155 Å². The largest absolute Gasteiger partial charge is 0.374 e. The molecule has 0 heterocycles. The van der Waals surface area contributed by atoms with Crippen molar-refractivity contribution in [2.75, 3.05) is 5.32 Å². The highest BCUT2D eigenvalue weighted by molar-refractivity contribution is 5.85. The van der Waals surface area contributed by atoms with Crippen LogP contribution in [-0.2, 0) is 4.79 Å². The van der Waals surface area contributed by atoms with E-state index in [1.165, 1.54) is 0 Å².